The Morgan fingerprint density at radius 2 is 2.07 bits per heavy atom. The number of aryl methyl sites for hydroxylation is 2. The molecule has 1 aliphatic heterocycles. The Kier molecular flexibility index (Phi) is 7.32. The molecular formula is C20H25Cl2N3O3. The second kappa shape index (κ2) is 9.72. The minimum Gasteiger partial charge on any atom is -0.381 e. The van der Waals surface area contributed by atoms with Crippen LogP contribution in [-0.4, -0.2) is 35.8 Å². The van der Waals surface area contributed by atoms with Crippen molar-refractivity contribution in [1.82, 2.24) is 15.5 Å². The third kappa shape index (κ3) is 5.25. The molecule has 0 bridgehead atoms. The molecule has 6 nitrogen and oxygen atoms in total. The van der Waals surface area contributed by atoms with Crippen molar-refractivity contribution in [3.8, 4) is 0 Å². The van der Waals surface area contributed by atoms with Gasteiger partial charge in [0.2, 0.25) is 11.8 Å². The number of nitrogens with one attached hydrogen (secondary N) is 1. The zero-order valence-corrected chi connectivity index (χ0v) is 17.5. The van der Waals surface area contributed by atoms with E-state index < -0.39 is 0 Å². The van der Waals surface area contributed by atoms with Crippen molar-refractivity contribution in [2.45, 2.75) is 50.9 Å². The number of amides is 1. The molecule has 1 amide bonds. The minimum atomic E-state index is -0.238. The number of carbonyl (C=O) groups is 1. The summed E-state index contributed by atoms with van der Waals surface area (Å²) in [6.07, 6.45) is 4.01. The number of nitrogens with zero attached hydrogens (tertiary/aromatic N) is 2. The Bertz CT molecular complexity index is 804. The lowest BCUT2D eigenvalue weighted by Gasteiger charge is -2.38. The molecule has 1 aliphatic rings. The van der Waals surface area contributed by atoms with Gasteiger partial charge in [-0.2, -0.15) is 4.98 Å². The summed E-state index contributed by atoms with van der Waals surface area (Å²) in [5.74, 6) is 1.28. The van der Waals surface area contributed by atoms with Crippen LogP contribution in [0.5, 0.6) is 0 Å². The molecular weight excluding hydrogens is 401 g/mol. The van der Waals surface area contributed by atoms with Crippen LogP contribution in [0, 0.1) is 0 Å². The van der Waals surface area contributed by atoms with Crippen LogP contribution in [0.4, 0.5) is 0 Å². The van der Waals surface area contributed by atoms with E-state index in [0.29, 0.717) is 60.8 Å². The number of rotatable bonds is 8. The lowest BCUT2D eigenvalue weighted by molar-refractivity contribution is -0.121. The van der Waals surface area contributed by atoms with E-state index in [-0.39, 0.29) is 11.3 Å². The smallest absolute Gasteiger partial charge is 0.226 e. The number of hydrogen-bond donors (Lipinski definition) is 1. The van der Waals surface area contributed by atoms with Crippen LogP contribution in [0.15, 0.2) is 22.7 Å². The Labute approximate surface area is 174 Å². The summed E-state index contributed by atoms with van der Waals surface area (Å²) in [5, 5.41) is 8.19. The fraction of sp³-hybridized carbons (Fsp3) is 0.550. The van der Waals surface area contributed by atoms with Crippen molar-refractivity contribution in [2.24, 2.45) is 0 Å². The van der Waals surface area contributed by atoms with Crippen LogP contribution in [0.1, 0.15) is 49.9 Å². The number of benzene rings is 1. The molecule has 152 valence electrons. The first-order valence-corrected chi connectivity index (χ1v) is 10.4. The van der Waals surface area contributed by atoms with E-state index >= 15 is 0 Å². The number of halogens is 2. The third-order valence-electron chi connectivity index (χ3n) is 5.20. The highest BCUT2D eigenvalue weighted by atomic mass is 35.5. The van der Waals surface area contributed by atoms with E-state index in [0.717, 1.165) is 24.8 Å². The van der Waals surface area contributed by atoms with E-state index in [1.807, 2.05) is 19.1 Å². The van der Waals surface area contributed by atoms with Crippen molar-refractivity contribution in [3.63, 3.8) is 0 Å². The summed E-state index contributed by atoms with van der Waals surface area (Å²) in [4.78, 5) is 16.7. The van der Waals surface area contributed by atoms with Crippen LogP contribution in [0.2, 0.25) is 10.0 Å². The van der Waals surface area contributed by atoms with Crippen LogP contribution < -0.4 is 5.32 Å². The molecule has 0 radical (unpaired) electrons. The summed E-state index contributed by atoms with van der Waals surface area (Å²) in [6, 6.07) is 5.56. The second-order valence-electron chi connectivity index (χ2n) is 7.11. The molecule has 1 fully saturated rings. The monoisotopic (exact) mass is 425 g/mol. The standard InChI is InChI=1S/C20H25Cl2N3O3/c1-2-17-24-19(28-25-17)5-3-4-18(26)23-13-20(8-10-27-11-9-20)15-7-6-14(21)12-16(15)22/h6-7,12H,2-5,8-11,13H2,1H3,(H,23,26). The first-order chi connectivity index (χ1) is 13.5. The molecule has 0 saturated carbocycles. The van der Waals surface area contributed by atoms with Gasteiger partial charge in [0.05, 0.1) is 0 Å². The van der Waals surface area contributed by atoms with Gasteiger partial charge in [0.15, 0.2) is 5.82 Å². The molecule has 2 heterocycles. The molecule has 0 aliphatic carbocycles. The van der Waals surface area contributed by atoms with Crippen LogP contribution >= 0.6 is 23.2 Å². The molecule has 0 unspecified atom stereocenters. The highest BCUT2D eigenvalue weighted by Gasteiger charge is 2.36. The summed E-state index contributed by atoms with van der Waals surface area (Å²) >= 11 is 12.5. The average molecular weight is 426 g/mol. The predicted molar refractivity (Wildman–Crippen MR) is 108 cm³/mol. The zero-order chi connectivity index (χ0) is 20.0. The lowest BCUT2D eigenvalue weighted by Crippen LogP contribution is -2.44. The van der Waals surface area contributed by atoms with Crippen LogP contribution in [-0.2, 0) is 27.8 Å². The highest BCUT2D eigenvalue weighted by Crippen LogP contribution is 2.39. The van der Waals surface area contributed by atoms with Crippen molar-refractivity contribution in [3.05, 3.63) is 45.5 Å². The lowest BCUT2D eigenvalue weighted by atomic mass is 9.74. The summed E-state index contributed by atoms with van der Waals surface area (Å²) in [7, 11) is 0. The summed E-state index contributed by atoms with van der Waals surface area (Å²) in [6.45, 7) is 3.79. The van der Waals surface area contributed by atoms with Gasteiger partial charge in [-0.1, -0.05) is 41.3 Å². The topological polar surface area (TPSA) is 77.2 Å². The van der Waals surface area contributed by atoms with E-state index in [1.54, 1.807) is 6.07 Å². The molecule has 1 saturated heterocycles. The molecule has 8 heteroatoms. The fourth-order valence-corrected chi connectivity index (χ4v) is 4.12. The molecule has 2 aromatic rings. The van der Waals surface area contributed by atoms with Crippen molar-refractivity contribution < 1.29 is 14.1 Å². The molecule has 1 N–H and O–H groups in total. The maximum atomic E-state index is 12.4. The van der Waals surface area contributed by atoms with Gasteiger partial charge in [-0.05, 0) is 37.0 Å². The van der Waals surface area contributed by atoms with Gasteiger partial charge in [0, 0.05) is 54.5 Å². The normalized spacial score (nSPS) is 16.1. The van der Waals surface area contributed by atoms with Gasteiger partial charge in [0.1, 0.15) is 0 Å². The Balaban J connectivity index is 1.56. The summed E-state index contributed by atoms with van der Waals surface area (Å²) < 4.78 is 10.7. The maximum Gasteiger partial charge on any atom is 0.226 e. The molecule has 0 atom stereocenters. The first kappa shape index (κ1) is 21.1. The summed E-state index contributed by atoms with van der Waals surface area (Å²) in [5.41, 5.74) is 0.776. The molecule has 1 aromatic carbocycles. The zero-order valence-electron chi connectivity index (χ0n) is 16.0. The molecule has 1 aromatic heterocycles. The van der Waals surface area contributed by atoms with Gasteiger partial charge >= 0.3 is 0 Å². The average Bonchev–Trinajstić information content (AvgIpc) is 3.15. The van der Waals surface area contributed by atoms with E-state index in [1.165, 1.54) is 0 Å². The third-order valence-corrected chi connectivity index (χ3v) is 5.75. The minimum absolute atomic E-state index is 0.00573. The van der Waals surface area contributed by atoms with E-state index in [4.69, 9.17) is 32.5 Å². The number of ether oxygens (including phenoxy) is 1. The predicted octanol–water partition coefficient (Wildman–Crippen LogP) is 4.13. The van der Waals surface area contributed by atoms with Gasteiger partial charge in [-0.3, -0.25) is 4.79 Å². The molecule has 3 rings (SSSR count). The quantitative estimate of drug-likeness (QED) is 0.687. The SMILES string of the molecule is CCc1noc(CCCC(=O)NCC2(c3ccc(Cl)cc3Cl)CCOCC2)n1. The molecule has 0 spiro atoms. The van der Waals surface area contributed by atoms with Crippen molar-refractivity contribution >= 4 is 29.1 Å². The second-order valence-corrected chi connectivity index (χ2v) is 7.95. The molecule has 28 heavy (non-hydrogen) atoms. The van der Waals surface area contributed by atoms with Gasteiger partial charge < -0.3 is 14.6 Å². The maximum absolute atomic E-state index is 12.4. The van der Waals surface area contributed by atoms with Gasteiger partial charge in [-0.15, -0.1) is 0 Å². The van der Waals surface area contributed by atoms with E-state index in [9.17, 15) is 4.79 Å². The number of hydrogen-bond acceptors (Lipinski definition) is 5. The van der Waals surface area contributed by atoms with Crippen molar-refractivity contribution in [1.29, 1.82) is 0 Å². The Morgan fingerprint density at radius 1 is 1.29 bits per heavy atom. The van der Waals surface area contributed by atoms with Gasteiger partial charge in [0.25, 0.3) is 0 Å². The largest absolute Gasteiger partial charge is 0.381 e. The van der Waals surface area contributed by atoms with E-state index in [2.05, 4.69) is 15.5 Å². The Hall–Kier alpha value is -1.63. The number of aromatic nitrogens is 2. The number of carbonyl (C=O) groups excluding carboxylic acids is 1. The fourth-order valence-electron chi connectivity index (χ4n) is 3.51. The first-order valence-electron chi connectivity index (χ1n) is 9.64. The van der Waals surface area contributed by atoms with Crippen LogP contribution in [0.3, 0.4) is 0 Å². The highest BCUT2D eigenvalue weighted by molar-refractivity contribution is 6.35. The van der Waals surface area contributed by atoms with Crippen molar-refractivity contribution in [2.75, 3.05) is 19.8 Å². The Morgan fingerprint density at radius 3 is 2.75 bits per heavy atom. The van der Waals surface area contributed by atoms with Crippen LogP contribution in [0.25, 0.3) is 0 Å². The van der Waals surface area contributed by atoms with Gasteiger partial charge in [-0.25, -0.2) is 0 Å².